The van der Waals surface area contributed by atoms with Crippen molar-refractivity contribution in [3.05, 3.63) is 30.1 Å². The summed E-state index contributed by atoms with van der Waals surface area (Å²) < 4.78 is 31.0. The zero-order valence-corrected chi connectivity index (χ0v) is 16.3. The van der Waals surface area contributed by atoms with Gasteiger partial charge in [-0.05, 0) is 36.3 Å². The summed E-state index contributed by atoms with van der Waals surface area (Å²) in [5.41, 5.74) is 4.89. The van der Waals surface area contributed by atoms with Gasteiger partial charge in [-0.15, -0.1) is 0 Å². The van der Waals surface area contributed by atoms with E-state index in [2.05, 4.69) is 4.98 Å². The number of rotatable bonds is 5. The van der Waals surface area contributed by atoms with Crippen LogP contribution in [-0.4, -0.2) is 46.6 Å². The summed E-state index contributed by atoms with van der Waals surface area (Å²) >= 11 is 0. The Balaban J connectivity index is 0.000000199. The zero-order valence-electron chi connectivity index (χ0n) is 15.5. The van der Waals surface area contributed by atoms with Gasteiger partial charge in [0.1, 0.15) is 11.8 Å². The molecule has 1 aromatic rings. The molecule has 3 rings (SSSR count). The predicted octanol–water partition coefficient (Wildman–Crippen LogP) is 1.31. The Hall–Kier alpha value is -1.84. The number of aromatic nitrogens is 1. The van der Waals surface area contributed by atoms with E-state index in [9.17, 15) is 18.0 Å². The molecule has 4 N–H and O–H groups in total. The Morgan fingerprint density at radius 3 is 2.48 bits per heavy atom. The molecular weight excluding hydrogens is 372 g/mol. The van der Waals surface area contributed by atoms with Gasteiger partial charge in [0.2, 0.25) is 0 Å². The lowest BCUT2D eigenvalue weighted by Crippen LogP contribution is -2.42. The highest BCUT2D eigenvalue weighted by atomic mass is 32.2. The number of hydrogen-bond donors (Lipinski definition) is 3. The average molecular weight is 398 g/mol. The first-order valence-corrected chi connectivity index (χ1v) is 10.4. The fraction of sp³-hybridized carbons (Fsp3) is 0.611. The molecule has 2 fully saturated rings. The van der Waals surface area contributed by atoms with Crippen molar-refractivity contribution in [2.45, 2.75) is 45.6 Å². The standard InChI is InChI=1S/C10H16O4S.C8H10N2O2/c1-9(2)7-3-4-10(9,8(11)5-7)6-15(12,13)14;9-7(8(11)12)5-6-3-1-2-4-10-6/h7H,3-6H2,1-2H3,(H,12,13,14);1-4,7H,5,9H2,(H,11,12)/t;7-/m.0/s1. The van der Waals surface area contributed by atoms with Gasteiger partial charge in [0.05, 0.1) is 11.2 Å². The largest absolute Gasteiger partial charge is 0.480 e. The smallest absolute Gasteiger partial charge is 0.320 e. The summed E-state index contributed by atoms with van der Waals surface area (Å²) in [6.07, 6.45) is 3.86. The van der Waals surface area contributed by atoms with Gasteiger partial charge in [0, 0.05) is 24.7 Å². The molecule has 150 valence electrons. The lowest BCUT2D eigenvalue weighted by Gasteiger charge is -2.35. The topological polar surface area (TPSA) is 148 Å². The minimum atomic E-state index is -4.08. The number of pyridine rings is 1. The summed E-state index contributed by atoms with van der Waals surface area (Å²) in [5, 5.41) is 8.49. The molecule has 27 heavy (non-hydrogen) atoms. The fourth-order valence-corrected chi connectivity index (χ4v) is 5.55. The highest BCUT2D eigenvalue weighted by Crippen LogP contribution is 2.64. The highest BCUT2D eigenvalue weighted by Gasteiger charge is 2.65. The number of ketones is 1. The van der Waals surface area contributed by atoms with Crippen molar-refractivity contribution < 1.29 is 27.7 Å². The molecule has 2 unspecified atom stereocenters. The van der Waals surface area contributed by atoms with E-state index in [0.29, 0.717) is 18.5 Å². The molecule has 8 nitrogen and oxygen atoms in total. The lowest BCUT2D eigenvalue weighted by atomic mass is 9.70. The van der Waals surface area contributed by atoms with Crippen LogP contribution in [0.15, 0.2) is 24.4 Å². The Kier molecular flexibility index (Phi) is 6.08. The van der Waals surface area contributed by atoms with Gasteiger partial charge in [-0.25, -0.2) is 0 Å². The first-order valence-electron chi connectivity index (χ1n) is 8.76. The number of hydrogen-bond acceptors (Lipinski definition) is 6. The minimum absolute atomic E-state index is 0.0152. The summed E-state index contributed by atoms with van der Waals surface area (Å²) in [7, 11) is -4.08. The van der Waals surface area contributed by atoms with Crippen LogP contribution in [0.4, 0.5) is 0 Å². The first-order chi connectivity index (χ1) is 12.4. The van der Waals surface area contributed by atoms with Crippen molar-refractivity contribution in [2.24, 2.45) is 22.5 Å². The summed E-state index contributed by atoms with van der Waals surface area (Å²) in [6, 6.07) is 4.47. The van der Waals surface area contributed by atoms with Crippen LogP contribution in [0.25, 0.3) is 0 Å². The van der Waals surface area contributed by atoms with Crippen molar-refractivity contribution in [3.63, 3.8) is 0 Å². The van der Waals surface area contributed by atoms with Crippen LogP contribution in [-0.2, 0) is 26.1 Å². The molecule has 3 atom stereocenters. The number of carbonyl (C=O) groups excluding carboxylic acids is 1. The Morgan fingerprint density at radius 2 is 2.07 bits per heavy atom. The number of nitrogens with zero attached hydrogens (tertiary/aromatic N) is 1. The van der Waals surface area contributed by atoms with Crippen molar-refractivity contribution in [3.8, 4) is 0 Å². The van der Waals surface area contributed by atoms with Gasteiger partial charge in [0.15, 0.2) is 0 Å². The number of carboxylic acid groups (broad SMARTS) is 1. The summed E-state index contributed by atoms with van der Waals surface area (Å²) in [5.74, 6) is -1.10. The van der Waals surface area contributed by atoms with Crippen LogP contribution >= 0.6 is 0 Å². The number of Topliss-reactive ketones (excluding diaryl/α,β-unsaturated/α-hetero) is 1. The van der Waals surface area contributed by atoms with Crippen molar-refractivity contribution in [1.82, 2.24) is 4.98 Å². The van der Waals surface area contributed by atoms with Crippen LogP contribution in [0.5, 0.6) is 0 Å². The third-order valence-corrected chi connectivity index (χ3v) is 6.90. The maximum Gasteiger partial charge on any atom is 0.320 e. The van der Waals surface area contributed by atoms with E-state index in [1.807, 2.05) is 13.8 Å². The molecule has 2 bridgehead atoms. The summed E-state index contributed by atoms with van der Waals surface area (Å²) in [6.45, 7) is 3.89. The van der Waals surface area contributed by atoms with E-state index in [-0.39, 0.29) is 23.5 Å². The third kappa shape index (κ3) is 4.53. The molecule has 9 heteroatoms. The first kappa shape index (κ1) is 21.5. The van der Waals surface area contributed by atoms with E-state index in [1.54, 1.807) is 24.4 Å². The van der Waals surface area contributed by atoms with Crippen LogP contribution < -0.4 is 5.73 Å². The Bertz CT molecular complexity index is 808. The van der Waals surface area contributed by atoms with Crippen molar-refractivity contribution in [2.75, 3.05) is 5.75 Å². The van der Waals surface area contributed by atoms with Gasteiger partial charge in [-0.1, -0.05) is 19.9 Å². The molecule has 1 aromatic heterocycles. The minimum Gasteiger partial charge on any atom is -0.480 e. The Morgan fingerprint density at radius 1 is 1.41 bits per heavy atom. The monoisotopic (exact) mass is 398 g/mol. The van der Waals surface area contributed by atoms with Gasteiger partial charge in [0.25, 0.3) is 10.1 Å². The molecule has 2 aliphatic carbocycles. The molecule has 0 spiro atoms. The normalized spacial score (nSPS) is 27.0. The maximum absolute atomic E-state index is 11.9. The number of fused-ring (bicyclic) bond motifs is 2. The fourth-order valence-electron chi connectivity index (χ4n) is 4.25. The number of carboxylic acids is 1. The van der Waals surface area contributed by atoms with E-state index in [1.165, 1.54) is 0 Å². The van der Waals surface area contributed by atoms with Crippen molar-refractivity contribution in [1.29, 1.82) is 0 Å². The van der Waals surface area contributed by atoms with E-state index >= 15 is 0 Å². The zero-order chi connectivity index (χ0) is 20.5. The third-order valence-electron chi connectivity index (χ3n) is 6.04. The van der Waals surface area contributed by atoms with Crippen LogP contribution in [0.2, 0.25) is 0 Å². The van der Waals surface area contributed by atoms with Crippen LogP contribution in [0.3, 0.4) is 0 Å². The van der Waals surface area contributed by atoms with Gasteiger partial charge in [-0.2, -0.15) is 8.42 Å². The van der Waals surface area contributed by atoms with E-state index in [0.717, 1.165) is 6.42 Å². The highest BCUT2D eigenvalue weighted by molar-refractivity contribution is 7.85. The summed E-state index contributed by atoms with van der Waals surface area (Å²) in [4.78, 5) is 26.2. The van der Waals surface area contributed by atoms with Gasteiger partial charge < -0.3 is 10.8 Å². The molecule has 0 aromatic carbocycles. The molecular formula is C18H26N2O6S. The predicted molar refractivity (Wildman–Crippen MR) is 98.5 cm³/mol. The number of nitrogens with two attached hydrogens (primary N) is 1. The van der Waals surface area contributed by atoms with E-state index < -0.39 is 33.3 Å². The molecule has 0 amide bonds. The average Bonchev–Trinajstić information content (AvgIpc) is 2.89. The molecule has 0 aliphatic heterocycles. The molecule has 1 heterocycles. The second-order valence-corrected chi connectivity index (χ2v) is 9.32. The van der Waals surface area contributed by atoms with Gasteiger partial charge >= 0.3 is 5.97 Å². The maximum atomic E-state index is 11.9. The molecule has 2 aliphatic rings. The number of carbonyl (C=O) groups is 2. The second-order valence-electron chi connectivity index (χ2n) is 7.86. The van der Waals surface area contributed by atoms with E-state index in [4.69, 9.17) is 15.4 Å². The molecule has 0 saturated heterocycles. The van der Waals surface area contributed by atoms with Crippen molar-refractivity contribution >= 4 is 21.9 Å². The SMILES string of the molecule is CC1(C)C2CCC1(CS(=O)(=O)O)C(=O)C2.N[C@@H](Cc1ccccn1)C(=O)O. The number of aliphatic carboxylic acids is 1. The van der Waals surface area contributed by atoms with Crippen LogP contribution in [0, 0.1) is 16.7 Å². The molecule has 2 saturated carbocycles. The van der Waals surface area contributed by atoms with Gasteiger partial charge in [-0.3, -0.25) is 19.1 Å². The lowest BCUT2D eigenvalue weighted by molar-refractivity contribution is -0.138. The second kappa shape index (κ2) is 7.65. The quantitative estimate of drug-likeness (QED) is 0.629. The molecule has 0 radical (unpaired) electrons. The van der Waals surface area contributed by atoms with Crippen LogP contribution in [0.1, 0.15) is 38.8 Å². The Labute approximate surface area is 158 Å².